The zero-order chi connectivity index (χ0) is 15.8. The number of carbonyl (C=O) groups is 2. The van der Waals surface area contributed by atoms with Crippen LogP contribution in [0.1, 0.15) is 44.1 Å². The highest BCUT2D eigenvalue weighted by molar-refractivity contribution is 5.81. The Balaban J connectivity index is 1.68. The van der Waals surface area contributed by atoms with Crippen molar-refractivity contribution in [3.05, 3.63) is 24.3 Å². The molecule has 0 aliphatic heterocycles. The van der Waals surface area contributed by atoms with Crippen molar-refractivity contribution in [1.82, 2.24) is 15.3 Å². The number of ketones is 1. The lowest BCUT2D eigenvalue weighted by atomic mass is 9.82. The second-order valence-electron chi connectivity index (χ2n) is 5.99. The number of hydrogen-bond donors (Lipinski definition) is 2. The molecule has 1 aliphatic carbocycles. The van der Waals surface area contributed by atoms with Crippen molar-refractivity contribution in [2.24, 2.45) is 11.7 Å². The molecule has 0 unspecified atom stereocenters. The molecule has 0 radical (unpaired) electrons. The van der Waals surface area contributed by atoms with Gasteiger partial charge >= 0.3 is 0 Å². The van der Waals surface area contributed by atoms with Crippen molar-refractivity contribution in [1.29, 1.82) is 0 Å². The molecule has 3 N–H and O–H groups in total. The lowest BCUT2D eigenvalue weighted by molar-refractivity contribution is -0.122. The molecule has 120 valence electrons. The molecule has 0 bridgehead atoms. The van der Waals surface area contributed by atoms with E-state index in [1.54, 1.807) is 12.4 Å². The largest absolute Gasteiger partial charge is 0.353 e. The summed E-state index contributed by atoms with van der Waals surface area (Å²) in [4.78, 5) is 31.5. The second-order valence-corrected chi connectivity index (χ2v) is 5.99. The van der Waals surface area contributed by atoms with Gasteiger partial charge in [0.05, 0.1) is 0 Å². The number of carbonyl (C=O) groups excluding carboxylic acids is 2. The summed E-state index contributed by atoms with van der Waals surface area (Å²) < 4.78 is 0. The highest BCUT2D eigenvalue weighted by atomic mass is 16.1. The number of Topliss-reactive ketones (excluding diaryl/α,β-unsaturated/α-hetero) is 1. The first kappa shape index (κ1) is 16.5. The maximum Gasteiger partial charge on any atom is 0.221 e. The van der Waals surface area contributed by atoms with Crippen LogP contribution >= 0.6 is 0 Å². The quantitative estimate of drug-likeness (QED) is 0.783. The molecule has 0 saturated heterocycles. The van der Waals surface area contributed by atoms with E-state index < -0.39 is 0 Å². The molecule has 1 aromatic rings. The number of nitrogens with one attached hydrogen (secondary N) is 1. The molecule has 0 aromatic carbocycles. The summed E-state index contributed by atoms with van der Waals surface area (Å²) in [6.45, 7) is 0.388. The molecule has 6 nitrogen and oxygen atoms in total. The topological polar surface area (TPSA) is 98.0 Å². The van der Waals surface area contributed by atoms with Crippen LogP contribution in [0.25, 0.3) is 0 Å². The van der Waals surface area contributed by atoms with Crippen LogP contribution in [0.15, 0.2) is 18.7 Å². The average molecular weight is 304 g/mol. The Morgan fingerprint density at radius 1 is 1.18 bits per heavy atom. The van der Waals surface area contributed by atoms with Gasteiger partial charge in [0.1, 0.15) is 12.1 Å². The van der Waals surface area contributed by atoms with Crippen LogP contribution < -0.4 is 11.1 Å². The molecule has 1 aliphatic rings. The molecule has 1 heterocycles. The number of nitrogens with two attached hydrogens (primary N) is 1. The summed E-state index contributed by atoms with van der Waals surface area (Å²) in [6.07, 6.45) is 10.1. The van der Waals surface area contributed by atoms with Crippen LogP contribution in [0, 0.1) is 5.92 Å². The molecular formula is C16H24N4O2. The Morgan fingerprint density at radius 2 is 1.86 bits per heavy atom. The highest BCUT2D eigenvalue weighted by Crippen LogP contribution is 2.27. The minimum Gasteiger partial charge on any atom is -0.353 e. The van der Waals surface area contributed by atoms with Crippen LogP contribution in [0.3, 0.4) is 0 Å². The van der Waals surface area contributed by atoms with Gasteiger partial charge in [-0.05, 0) is 37.2 Å². The molecule has 0 spiro atoms. The van der Waals surface area contributed by atoms with Crippen molar-refractivity contribution in [2.75, 3.05) is 6.54 Å². The average Bonchev–Trinajstić information content (AvgIpc) is 2.50. The molecule has 1 amide bonds. The van der Waals surface area contributed by atoms with E-state index in [0.717, 1.165) is 31.2 Å². The van der Waals surface area contributed by atoms with Gasteiger partial charge in [-0.2, -0.15) is 0 Å². The first-order valence-corrected chi connectivity index (χ1v) is 7.92. The highest BCUT2D eigenvalue weighted by Gasteiger charge is 2.23. The second kappa shape index (κ2) is 8.58. The van der Waals surface area contributed by atoms with Gasteiger partial charge in [0.15, 0.2) is 0 Å². The van der Waals surface area contributed by atoms with E-state index >= 15 is 0 Å². The van der Waals surface area contributed by atoms with Crippen molar-refractivity contribution in [3.8, 4) is 0 Å². The maximum absolute atomic E-state index is 12.1. The molecule has 1 saturated carbocycles. The Labute approximate surface area is 130 Å². The minimum atomic E-state index is 0.0334. The summed E-state index contributed by atoms with van der Waals surface area (Å²) >= 11 is 0. The van der Waals surface area contributed by atoms with E-state index in [-0.39, 0.29) is 17.7 Å². The van der Waals surface area contributed by atoms with Gasteiger partial charge in [-0.15, -0.1) is 0 Å². The van der Waals surface area contributed by atoms with Crippen molar-refractivity contribution in [2.45, 2.75) is 51.0 Å². The Kier molecular flexibility index (Phi) is 6.45. The van der Waals surface area contributed by atoms with Gasteiger partial charge < -0.3 is 11.1 Å². The molecule has 2 rings (SSSR count). The third kappa shape index (κ3) is 5.52. The fraction of sp³-hybridized carbons (Fsp3) is 0.625. The van der Waals surface area contributed by atoms with E-state index in [9.17, 15) is 9.59 Å². The number of rotatable bonds is 7. The zero-order valence-electron chi connectivity index (χ0n) is 12.8. The van der Waals surface area contributed by atoms with Crippen LogP contribution in [-0.4, -0.2) is 34.2 Å². The summed E-state index contributed by atoms with van der Waals surface area (Å²) in [5.41, 5.74) is 6.24. The Bertz CT molecular complexity index is 484. The van der Waals surface area contributed by atoms with E-state index in [0.29, 0.717) is 31.7 Å². The predicted molar refractivity (Wildman–Crippen MR) is 82.9 cm³/mol. The normalized spacial score (nSPS) is 21.3. The molecule has 1 fully saturated rings. The van der Waals surface area contributed by atoms with Gasteiger partial charge in [-0.3, -0.25) is 9.59 Å². The van der Waals surface area contributed by atoms with Gasteiger partial charge in [-0.25, -0.2) is 9.97 Å². The minimum absolute atomic E-state index is 0.0334. The van der Waals surface area contributed by atoms with Gasteiger partial charge in [0, 0.05) is 44.2 Å². The lowest BCUT2D eigenvalue weighted by Crippen LogP contribution is -2.38. The van der Waals surface area contributed by atoms with Gasteiger partial charge in [-0.1, -0.05) is 0 Å². The number of aromatic nitrogens is 2. The molecule has 22 heavy (non-hydrogen) atoms. The first-order valence-electron chi connectivity index (χ1n) is 7.92. The third-order valence-electron chi connectivity index (χ3n) is 4.11. The van der Waals surface area contributed by atoms with Gasteiger partial charge in [0.25, 0.3) is 0 Å². The molecule has 1 aromatic heterocycles. The standard InChI is InChI=1S/C16H24N4O2/c17-6-5-16(22)20-14-3-1-12(2-4-14)7-15(21)8-13-9-18-11-19-10-13/h9-12,14H,1-8,17H2,(H,20,22). The lowest BCUT2D eigenvalue weighted by Gasteiger charge is -2.28. The van der Waals surface area contributed by atoms with Crippen molar-refractivity contribution in [3.63, 3.8) is 0 Å². The molecule has 0 atom stereocenters. The monoisotopic (exact) mass is 304 g/mol. The van der Waals surface area contributed by atoms with Gasteiger partial charge in [0.2, 0.25) is 5.91 Å². The Morgan fingerprint density at radius 3 is 2.50 bits per heavy atom. The van der Waals surface area contributed by atoms with E-state index in [1.165, 1.54) is 6.33 Å². The Hall–Kier alpha value is -1.82. The van der Waals surface area contributed by atoms with Crippen LogP contribution in [0.4, 0.5) is 0 Å². The van der Waals surface area contributed by atoms with Crippen LogP contribution in [0.5, 0.6) is 0 Å². The van der Waals surface area contributed by atoms with Crippen LogP contribution in [0.2, 0.25) is 0 Å². The zero-order valence-corrected chi connectivity index (χ0v) is 12.8. The van der Waals surface area contributed by atoms with E-state index in [2.05, 4.69) is 15.3 Å². The van der Waals surface area contributed by atoms with Crippen LogP contribution in [-0.2, 0) is 16.0 Å². The first-order chi connectivity index (χ1) is 10.7. The fourth-order valence-electron chi connectivity index (χ4n) is 2.98. The summed E-state index contributed by atoms with van der Waals surface area (Å²) in [5.74, 6) is 0.705. The SMILES string of the molecule is NCCC(=O)NC1CCC(CC(=O)Cc2cncnc2)CC1. The maximum atomic E-state index is 12.1. The fourth-order valence-corrected chi connectivity index (χ4v) is 2.98. The summed E-state index contributed by atoms with van der Waals surface area (Å²) in [7, 11) is 0. The van der Waals surface area contributed by atoms with Crippen molar-refractivity contribution < 1.29 is 9.59 Å². The number of nitrogens with zero attached hydrogens (tertiary/aromatic N) is 2. The summed E-state index contributed by atoms with van der Waals surface area (Å²) in [6, 6.07) is 0.243. The summed E-state index contributed by atoms with van der Waals surface area (Å²) in [5, 5.41) is 3.01. The van der Waals surface area contributed by atoms with Crippen molar-refractivity contribution >= 4 is 11.7 Å². The predicted octanol–water partition coefficient (Wildman–Crippen LogP) is 1.00. The third-order valence-corrected chi connectivity index (χ3v) is 4.11. The number of hydrogen-bond acceptors (Lipinski definition) is 5. The van der Waals surface area contributed by atoms with E-state index in [4.69, 9.17) is 5.73 Å². The molecule has 6 heteroatoms. The smallest absolute Gasteiger partial charge is 0.221 e. The van der Waals surface area contributed by atoms with E-state index in [1.807, 2.05) is 0 Å². The number of amides is 1. The molecular weight excluding hydrogens is 280 g/mol.